The van der Waals surface area contributed by atoms with E-state index in [1.54, 1.807) is 12.1 Å². The SMILES string of the molecule is CCCC1(C(=O)O)CCCN1S(=O)(=O)c1ccccc1Cl. The first-order valence-electron chi connectivity index (χ1n) is 6.87. The first-order chi connectivity index (χ1) is 9.86. The predicted molar refractivity (Wildman–Crippen MR) is 79.9 cm³/mol. The standard InChI is InChI=1S/C14H18ClNO4S/c1-2-8-14(13(17)18)9-5-10-16(14)21(19,20)12-7-4-3-6-11(12)15/h3-4,6-7H,2,5,8-10H2,1H3,(H,17,18). The maximum absolute atomic E-state index is 12.8. The van der Waals surface area contributed by atoms with Crippen molar-refractivity contribution in [3.8, 4) is 0 Å². The molecule has 0 saturated carbocycles. The number of hydrogen-bond donors (Lipinski definition) is 1. The second kappa shape index (κ2) is 5.94. The fourth-order valence-electron chi connectivity index (χ4n) is 2.96. The zero-order valence-electron chi connectivity index (χ0n) is 11.8. The summed E-state index contributed by atoms with van der Waals surface area (Å²) in [5.74, 6) is -1.09. The van der Waals surface area contributed by atoms with Gasteiger partial charge in [-0.2, -0.15) is 4.31 Å². The highest BCUT2D eigenvalue weighted by atomic mass is 35.5. The molecule has 0 bridgehead atoms. The van der Waals surface area contributed by atoms with Gasteiger partial charge in [-0.05, 0) is 31.4 Å². The van der Waals surface area contributed by atoms with Crippen molar-refractivity contribution < 1.29 is 18.3 Å². The average molecular weight is 332 g/mol. The van der Waals surface area contributed by atoms with Crippen molar-refractivity contribution in [2.45, 2.75) is 43.0 Å². The van der Waals surface area contributed by atoms with Crippen LogP contribution in [0.2, 0.25) is 5.02 Å². The quantitative estimate of drug-likeness (QED) is 0.900. The molecule has 0 spiro atoms. The summed E-state index contributed by atoms with van der Waals surface area (Å²) in [7, 11) is -3.92. The van der Waals surface area contributed by atoms with Gasteiger partial charge in [-0.15, -0.1) is 0 Å². The summed E-state index contributed by atoms with van der Waals surface area (Å²) in [5, 5.41) is 9.72. The summed E-state index contributed by atoms with van der Waals surface area (Å²) >= 11 is 5.98. The Morgan fingerprint density at radius 3 is 2.67 bits per heavy atom. The number of rotatable bonds is 5. The second-order valence-corrected chi connectivity index (χ2v) is 7.44. The highest BCUT2D eigenvalue weighted by molar-refractivity contribution is 7.89. The van der Waals surface area contributed by atoms with Gasteiger partial charge in [0.05, 0.1) is 5.02 Å². The highest BCUT2D eigenvalue weighted by Gasteiger charge is 2.52. The zero-order valence-corrected chi connectivity index (χ0v) is 13.3. The van der Waals surface area contributed by atoms with E-state index in [0.717, 1.165) is 4.31 Å². The van der Waals surface area contributed by atoms with Gasteiger partial charge >= 0.3 is 5.97 Å². The van der Waals surface area contributed by atoms with E-state index in [-0.39, 0.29) is 16.5 Å². The number of benzene rings is 1. The molecule has 1 N–H and O–H groups in total. The lowest BCUT2D eigenvalue weighted by molar-refractivity contribution is -0.147. The van der Waals surface area contributed by atoms with Crippen LogP contribution in [0.25, 0.3) is 0 Å². The molecule has 1 atom stereocenters. The number of nitrogens with zero attached hydrogens (tertiary/aromatic N) is 1. The van der Waals surface area contributed by atoms with Crippen LogP contribution in [0.5, 0.6) is 0 Å². The van der Waals surface area contributed by atoms with Crippen molar-refractivity contribution in [1.29, 1.82) is 0 Å². The zero-order chi connectivity index (χ0) is 15.7. The van der Waals surface area contributed by atoms with Crippen molar-refractivity contribution in [1.82, 2.24) is 4.31 Å². The molecule has 0 aliphatic carbocycles. The Labute approximate surface area is 129 Å². The molecular formula is C14H18ClNO4S. The van der Waals surface area contributed by atoms with Crippen LogP contribution in [0.1, 0.15) is 32.6 Å². The molecule has 7 heteroatoms. The van der Waals surface area contributed by atoms with Crippen molar-refractivity contribution in [2.75, 3.05) is 6.54 Å². The lowest BCUT2D eigenvalue weighted by Gasteiger charge is -2.33. The lowest BCUT2D eigenvalue weighted by Crippen LogP contribution is -2.52. The first-order valence-corrected chi connectivity index (χ1v) is 8.69. The molecule has 0 amide bonds. The molecule has 1 unspecified atom stereocenters. The topological polar surface area (TPSA) is 74.7 Å². The Bertz CT molecular complexity index is 646. The molecule has 1 heterocycles. The summed E-state index contributed by atoms with van der Waals surface area (Å²) in [4.78, 5) is 11.7. The third-order valence-corrected chi connectivity index (χ3v) is 6.36. The molecule has 1 saturated heterocycles. The fraction of sp³-hybridized carbons (Fsp3) is 0.500. The number of aliphatic carboxylic acids is 1. The smallest absolute Gasteiger partial charge is 0.325 e. The minimum atomic E-state index is -3.92. The van der Waals surface area contributed by atoms with Crippen LogP contribution in [-0.4, -0.2) is 35.9 Å². The molecule has 1 aromatic rings. The van der Waals surface area contributed by atoms with Crippen LogP contribution in [0.4, 0.5) is 0 Å². The van der Waals surface area contributed by atoms with E-state index < -0.39 is 21.5 Å². The molecule has 0 radical (unpaired) electrons. The van der Waals surface area contributed by atoms with Gasteiger partial charge in [0.25, 0.3) is 0 Å². The van der Waals surface area contributed by atoms with Crippen LogP contribution in [0.15, 0.2) is 29.2 Å². The molecule has 5 nitrogen and oxygen atoms in total. The summed E-state index contributed by atoms with van der Waals surface area (Å²) in [6.45, 7) is 2.06. The number of carbonyl (C=O) groups is 1. The van der Waals surface area contributed by atoms with E-state index in [4.69, 9.17) is 11.6 Å². The van der Waals surface area contributed by atoms with Crippen LogP contribution < -0.4 is 0 Å². The number of halogens is 1. The number of carboxylic acid groups (broad SMARTS) is 1. The van der Waals surface area contributed by atoms with Crippen molar-refractivity contribution in [3.05, 3.63) is 29.3 Å². The average Bonchev–Trinajstić information content (AvgIpc) is 2.85. The van der Waals surface area contributed by atoms with Crippen molar-refractivity contribution in [2.24, 2.45) is 0 Å². The van der Waals surface area contributed by atoms with Crippen LogP contribution in [0, 0.1) is 0 Å². The molecule has 0 aromatic heterocycles. The second-order valence-electron chi connectivity index (χ2n) is 5.20. The van der Waals surface area contributed by atoms with Gasteiger partial charge in [-0.25, -0.2) is 8.42 Å². The van der Waals surface area contributed by atoms with E-state index in [1.807, 2.05) is 6.92 Å². The van der Waals surface area contributed by atoms with E-state index in [9.17, 15) is 18.3 Å². The third-order valence-electron chi connectivity index (χ3n) is 3.90. The Morgan fingerprint density at radius 1 is 1.43 bits per heavy atom. The first kappa shape index (κ1) is 16.3. The third kappa shape index (κ3) is 2.67. The maximum Gasteiger partial charge on any atom is 0.325 e. The summed E-state index contributed by atoms with van der Waals surface area (Å²) in [6.07, 6.45) is 1.77. The minimum Gasteiger partial charge on any atom is -0.480 e. The van der Waals surface area contributed by atoms with Gasteiger partial charge in [0.2, 0.25) is 10.0 Å². The van der Waals surface area contributed by atoms with Crippen molar-refractivity contribution in [3.63, 3.8) is 0 Å². The largest absolute Gasteiger partial charge is 0.480 e. The monoisotopic (exact) mass is 331 g/mol. The molecule has 1 fully saturated rings. The summed E-state index contributed by atoms with van der Waals surface area (Å²) in [5.41, 5.74) is -1.35. The van der Waals surface area contributed by atoms with E-state index in [2.05, 4.69) is 0 Å². The highest BCUT2D eigenvalue weighted by Crippen LogP contribution is 2.39. The Morgan fingerprint density at radius 2 is 2.10 bits per heavy atom. The summed E-state index contributed by atoms with van der Waals surface area (Å²) in [6, 6.07) is 6.13. The molecule has 21 heavy (non-hydrogen) atoms. The van der Waals surface area contributed by atoms with E-state index in [0.29, 0.717) is 25.7 Å². The Hall–Kier alpha value is -1.11. The van der Waals surface area contributed by atoms with Crippen molar-refractivity contribution >= 4 is 27.6 Å². The number of hydrogen-bond acceptors (Lipinski definition) is 3. The molecule has 2 rings (SSSR count). The Kier molecular flexibility index (Phi) is 4.60. The lowest BCUT2D eigenvalue weighted by atomic mass is 9.92. The molecule has 1 aliphatic heterocycles. The minimum absolute atomic E-state index is 0.0321. The van der Waals surface area contributed by atoms with Gasteiger partial charge in [-0.1, -0.05) is 37.1 Å². The van der Waals surface area contributed by atoms with Gasteiger partial charge < -0.3 is 5.11 Å². The van der Waals surface area contributed by atoms with Crippen LogP contribution >= 0.6 is 11.6 Å². The van der Waals surface area contributed by atoms with Crippen LogP contribution in [-0.2, 0) is 14.8 Å². The number of carboxylic acids is 1. The van der Waals surface area contributed by atoms with E-state index in [1.165, 1.54) is 12.1 Å². The van der Waals surface area contributed by atoms with E-state index >= 15 is 0 Å². The van der Waals surface area contributed by atoms with Crippen LogP contribution in [0.3, 0.4) is 0 Å². The van der Waals surface area contributed by atoms with Gasteiger partial charge in [-0.3, -0.25) is 4.79 Å². The molecule has 116 valence electrons. The fourth-order valence-corrected chi connectivity index (χ4v) is 5.28. The normalized spacial score (nSPS) is 23.3. The predicted octanol–water partition coefficient (Wildman–Crippen LogP) is 2.75. The van der Waals surface area contributed by atoms with Gasteiger partial charge in [0, 0.05) is 6.54 Å². The molecule has 1 aromatic carbocycles. The summed E-state index contributed by atoms with van der Waals surface area (Å²) < 4.78 is 26.8. The Balaban J connectivity index is 2.53. The van der Waals surface area contributed by atoms with Gasteiger partial charge in [0.15, 0.2) is 0 Å². The number of sulfonamides is 1. The maximum atomic E-state index is 12.8. The molecule has 1 aliphatic rings. The van der Waals surface area contributed by atoms with Gasteiger partial charge in [0.1, 0.15) is 10.4 Å². The molecular weight excluding hydrogens is 314 g/mol.